The standard InChI is InChI=1S/C24H33NO4/c1-6-27-22-15-21(17(3)24(28-7-2)23(22)18(4)26)16-25-13-14-29-19(5)20-11-9-8-10-12-20/h8-12,15,19,25H,6-7,13-14,16H2,1-5H3/t19-/m0/s1. The molecule has 0 unspecified atom stereocenters. The minimum Gasteiger partial charge on any atom is -0.493 e. The lowest BCUT2D eigenvalue weighted by Gasteiger charge is -2.19. The number of rotatable bonds is 12. The number of hydrogen-bond donors (Lipinski definition) is 1. The van der Waals surface area contributed by atoms with Gasteiger partial charge < -0.3 is 19.5 Å². The number of benzene rings is 2. The molecule has 0 bridgehead atoms. The first-order chi connectivity index (χ1) is 14.0. The lowest BCUT2D eigenvalue weighted by atomic mass is 9.99. The van der Waals surface area contributed by atoms with Gasteiger partial charge in [0.2, 0.25) is 0 Å². The van der Waals surface area contributed by atoms with Crippen molar-refractivity contribution >= 4 is 5.78 Å². The number of carbonyl (C=O) groups excluding carboxylic acids is 1. The SMILES string of the molecule is CCOc1cc(CNCCO[C@@H](C)c2ccccc2)c(C)c(OCC)c1C(C)=O. The molecule has 0 aromatic heterocycles. The van der Waals surface area contributed by atoms with Crippen molar-refractivity contribution in [2.24, 2.45) is 0 Å². The van der Waals surface area contributed by atoms with Gasteiger partial charge in [0.05, 0.1) is 25.9 Å². The summed E-state index contributed by atoms with van der Waals surface area (Å²) in [6.45, 7) is 12.4. The first-order valence-electron chi connectivity index (χ1n) is 10.3. The van der Waals surface area contributed by atoms with E-state index in [0.717, 1.165) is 17.7 Å². The molecule has 5 nitrogen and oxygen atoms in total. The van der Waals surface area contributed by atoms with E-state index in [1.807, 2.05) is 45.0 Å². The molecule has 0 saturated carbocycles. The minimum absolute atomic E-state index is 0.0530. The molecule has 0 spiro atoms. The van der Waals surface area contributed by atoms with E-state index in [1.165, 1.54) is 5.56 Å². The largest absolute Gasteiger partial charge is 0.493 e. The van der Waals surface area contributed by atoms with Gasteiger partial charge in [0.15, 0.2) is 5.78 Å². The number of hydrogen-bond acceptors (Lipinski definition) is 5. The first-order valence-corrected chi connectivity index (χ1v) is 10.3. The fraction of sp³-hybridized carbons (Fsp3) is 0.458. The summed E-state index contributed by atoms with van der Waals surface area (Å²) in [7, 11) is 0. The average molecular weight is 400 g/mol. The molecule has 0 saturated heterocycles. The van der Waals surface area contributed by atoms with Crippen molar-refractivity contribution in [1.82, 2.24) is 5.32 Å². The number of Topliss-reactive ketones (excluding diaryl/α,β-unsaturated/α-hetero) is 1. The van der Waals surface area contributed by atoms with Gasteiger partial charge in [-0.25, -0.2) is 0 Å². The van der Waals surface area contributed by atoms with Crippen LogP contribution in [0.1, 0.15) is 60.8 Å². The summed E-state index contributed by atoms with van der Waals surface area (Å²) in [5, 5.41) is 3.42. The number of carbonyl (C=O) groups is 1. The third kappa shape index (κ3) is 6.31. The summed E-state index contributed by atoms with van der Waals surface area (Å²) in [6.07, 6.45) is 0.0590. The van der Waals surface area contributed by atoms with Crippen molar-refractivity contribution in [2.45, 2.75) is 47.3 Å². The smallest absolute Gasteiger partial charge is 0.167 e. The number of nitrogens with one attached hydrogen (secondary N) is 1. The van der Waals surface area contributed by atoms with Gasteiger partial charge in [0.1, 0.15) is 17.1 Å². The lowest BCUT2D eigenvalue weighted by Crippen LogP contribution is -2.21. The molecule has 0 amide bonds. The molecule has 5 heteroatoms. The molecule has 0 fully saturated rings. The average Bonchev–Trinajstić information content (AvgIpc) is 2.71. The van der Waals surface area contributed by atoms with E-state index in [-0.39, 0.29) is 11.9 Å². The molecule has 0 radical (unpaired) electrons. The second kappa shape index (κ2) is 11.6. The number of ether oxygens (including phenoxy) is 3. The topological polar surface area (TPSA) is 56.8 Å². The second-order valence-corrected chi connectivity index (χ2v) is 6.89. The third-order valence-electron chi connectivity index (χ3n) is 4.77. The highest BCUT2D eigenvalue weighted by Gasteiger charge is 2.21. The van der Waals surface area contributed by atoms with Crippen LogP contribution >= 0.6 is 0 Å². The fourth-order valence-corrected chi connectivity index (χ4v) is 3.25. The summed E-state index contributed by atoms with van der Waals surface area (Å²) >= 11 is 0. The Morgan fingerprint density at radius 3 is 2.41 bits per heavy atom. The third-order valence-corrected chi connectivity index (χ3v) is 4.77. The summed E-state index contributed by atoms with van der Waals surface area (Å²) in [4.78, 5) is 12.2. The highest BCUT2D eigenvalue weighted by Crippen LogP contribution is 2.35. The van der Waals surface area contributed by atoms with Crippen molar-refractivity contribution < 1.29 is 19.0 Å². The number of ketones is 1. The van der Waals surface area contributed by atoms with Crippen LogP contribution in [0, 0.1) is 6.92 Å². The molecule has 2 aromatic rings. The van der Waals surface area contributed by atoms with E-state index in [4.69, 9.17) is 14.2 Å². The molecule has 0 aliphatic heterocycles. The Hall–Kier alpha value is -2.37. The summed E-state index contributed by atoms with van der Waals surface area (Å²) < 4.78 is 17.5. The zero-order valence-corrected chi connectivity index (χ0v) is 18.2. The van der Waals surface area contributed by atoms with Gasteiger partial charge in [-0.15, -0.1) is 0 Å². The summed E-state index contributed by atoms with van der Waals surface area (Å²) in [6, 6.07) is 12.1. The second-order valence-electron chi connectivity index (χ2n) is 6.89. The monoisotopic (exact) mass is 399 g/mol. The molecule has 0 aliphatic rings. The molecular formula is C24H33NO4. The van der Waals surface area contributed by atoms with Crippen LogP contribution in [0.3, 0.4) is 0 Å². The Balaban J connectivity index is 2.01. The Morgan fingerprint density at radius 2 is 1.79 bits per heavy atom. The van der Waals surface area contributed by atoms with Gasteiger partial charge in [-0.3, -0.25) is 4.79 Å². The predicted octanol–water partition coefficient (Wildman–Crippen LogP) is 4.86. The van der Waals surface area contributed by atoms with E-state index in [0.29, 0.717) is 43.4 Å². The van der Waals surface area contributed by atoms with Crippen LogP contribution in [0.15, 0.2) is 36.4 Å². The molecule has 2 aromatic carbocycles. The van der Waals surface area contributed by atoms with E-state index < -0.39 is 0 Å². The zero-order valence-electron chi connectivity index (χ0n) is 18.2. The van der Waals surface area contributed by atoms with Crippen molar-refractivity contribution in [3.63, 3.8) is 0 Å². The van der Waals surface area contributed by atoms with Crippen LogP contribution in [0.2, 0.25) is 0 Å². The Bertz CT molecular complexity index is 789. The van der Waals surface area contributed by atoms with Crippen molar-refractivity contribution in [1.29, 1.82) is 0 Å². The van der Waals surface area contributed by atoms with Gasteiger partial charge in [-0.2, -0.15) is 0 Å². The predicted molar refractivity (Wildman–Crippen MR) is 116 cm³/mol. The van der Waals surface area contributed by atoms with Crippen molar-refractivity contribution in [2.75, 3.05) is 26.4 Å². The lowest BCUT2D eigenvalue weighted by molar-refractivity contribution is 0.0676. The van der Waals surface area contributed by atoms with Crippen molar-refractivity contribution in [3.05, 3.63) is 58.7 Å². The van der Waals surface area contributed by atoms with Gasteiger partial charge in [0, 0.05) is 13.1 Å². The van der Waals surface area contributed by atoms with Crippen LogP contribution in [0.5, 0.6) is 11.5 Å². The van der Waals surface area contributed by atoms with Crippen LogP contribution in [0.4, 0.5) is 0 Å². The maximum atomic E-state index is 12.2. The van der Waals surface area contributed by atoms with Crippen LogP contribution in [-0.2, 0) is 11.3 Å². The van der Waals surface area contributed by atoms with E-state index in [9.17, 15) is 4.79 Å². The highest BCUT2D eigenvalue weighted by atomic mass is 16.5. The molecule has 0 aliphatic carbocycles. The summed E-state index contributed by atoms with van der Waals surface area (Å²) in [5.74, 6) is 1.15. The van der Waals surface area contributed by atoms with E-state index in [1.54, 1.807) is 6.92 Å². The normalized spacial score (nSPS) is 11.9. The minimum atomic E-state index is -0.0530. The maximum Gasteiger partial charge on any atom is 0.167 e. The Morgan fingerprint density at radius 1 is 1.10 bits per heavy atom. The van der Waals surface area contributed by atoms with Crippen molar-refractivity contribution in [3.8, 4) is 11.5 Å². The maximum absolute atomic E-state index is 12.2. The molecule has 2 rings (SSSR count). The van der Waals surface area contributed by atoms with Gasteiger partial charge >= 0.3 is 0 Å². The molecule has 1 N–H and O–H groups in total. The first kappa shape index (κ1) is 22.9. The molecule has 1 atom stereocenters. The summed E-state index contributed by atoms with van der Waals surface area (Å²) in [5.41, 5.74) is 3.71. The van der Waals surface area contributed by atoms with E-state index >= 15 is 0 Å². The Kier molecular flexibility index (Phi) is 9.16. The molecular weight excluding hydrogens is 366 g/mol. The highest BCUT2D eigenvalue weighted by molar-refractivity contribution is 6.00. The molecule has 158 valence electrons. The van der Waals surface area contributed by atoms with Gasteiger partial charge in [-0.1, -0.05) is 30.3 Å². The Labute approximate surface area is 174 Å². The van der Waals surface area contributed by atoms with Gasteiger partial charge in [0.25, 0.3) is 0 Å². The molecule has 29 heavy (non-hydrogen) atoms. The quantitative estimate of drug-likeness (QED) is 0.408. The molecule has 0 heterocycles. The van der Waals surface area contributed by atoms with Crippen LogP contribution in [-0.4, -0.2) is 32.1 Å². The van der Waals surface area contributed by atoms with Crippen LogP contribution in [0.25, 0.3) is 0 Å². The van der Waals surface area contributed by atoms with Gasteiger partial charge in [-0.05, 0) is 57.4 Å². The van der Waals surface area contributed by atoms with E-state index in [2.05, 4.69) is 24.4 Å². The zero-order chi connectivity index (χ0) is 21.2. The van der Waals surface area contributed by atoms with Crippen LogP contribution < -0.4 is 14.8 Å². The fourth-order valence-electron chi connectivity index (χ4n) is 3.25.